The zero-order valence-corrected chi connectivity index (χ0v) is 12.6. The number of hydrogen-bond donors (Lipinski definition) is 1. The standard InChI is InChI=1S/C15H28N2O/c1-8-15(16)13(17(6)7)12(9-10(2)3)18-14(15)11(4)5/h1,10-14H,9,16H2,2-7H3/t12-,13-,14+,15-/m1/s1. The van der Waals surface area contributed by atoms with Gasteiger partial charge in [0.25, 0.3) is 0 Å². The second kappa shape index (κ2) is 5.61. The predicted molar refractivity (Wildman–Crippen MR) is 76.2 cm³/mol. The van der Waals surface area contributed by atoms with Crippen molar-refractivity contribution in [1.82, 2.24) is 4.90 Å². The first kappa shape index (κ1) is 15.5. The van der Waals surface area contributed by atoms with Gasteiger partial charge in [-0.1, -0.05) is 33.6 Å². The summed E-state index contributed by atoms with van der Waals surface area (Å²) in [7, 11) is 4.06. The van der Waals surface area contributed by atoms with Gasteiger partial charge in [0.1, 0.15) is 5.54 Å². The molecular formula is C15H28N2O. The summed E-state index contributed by atoms with van der Waals surface area (Å²) < 4.78 is 6.20. The zero-order valence-electron chi connectivity index (χ0n) is 12.6. The molecule has 1 rings (SSSR count). The fourth-order valence-electron chi connectivity index (χ4n) is 3.14. The minimum Gasteiger partial charge on any atom is -0.370 e. The van der Waals surface area contributed by atoms with E-state index in [0.717, 1.165) is 6.42 Å². The van der Waals surface area contributed by atoms with Crippen LogP contribution in [0.4, 0.5) is 0 Å². The molecule has 1 aliphatic rings. The Morgan fingerprint density at radius 1 is 1.33 bits per heavy atom. The van der Waals surface area contributed by atoms with Crippen LogP contribution in [-0.4, -0.2) is 42.8 Å². The third kappa shape index (κ3) is 2.71. The molecule has 0 spiro atoms. The zero-order chi connectivity index (χ0) is 14.1. The number of nitrogens with two attached hydrogens (primary N) is 1. The summed E-state index contributed by atoms with van der Waals surface area (Å²) in [6, 6.07) is 0.0808. The molecule has 3 heteroatoms. The van der Waals surface area contributed by atoms with Crippen molar-refractivity contribution in [2.75, 3.05) is 14.1 Å². The first-order valence-corrected chi connectivity index (χ1v) is 6.82. The Kier molecular flexibility index (Phi) is 4.83. The monoisotopic (exact) mass is 252 g/mol. The minimum absolute atomic E-state index is 0.0707. The summed E-state index contributed by atoms with van der Waals surface area (Å²) in [5.74, 6) is 3.72. The van der Waals surface area contributed by atoms with Gasteiger partial charge < -0.3 is 15.4 Å². The Hall–Kier alpha value is -0.560. The van der Waals surface area contributed by atoms with E-state index in [2.05, 4.69) is 38.5 Å². The molecule has 0 aliphatic carbocycles. The fourth-order valence-corrected chi connectivity index (χ4v) is 3.14. The summed E-state index contributed by atoms with van der Waals surface area (Å²) in [5.41, 5.74) is 5.81. The molecule has 3 nitrogen and oxygen atoms in total. The first-order valence-electron chi connectivity index (χ1n) is 6.82. The van der Waals surface area contributed by atoms with Crippen molar-refractivity contribution >= 4 is 0 Å². The molecule has 0 amide bonds. The second-order valence-corrected chi connectivity index (χ2v) is 6.45. The number of hydrogen-bond acceptors (Lipinski definition) is 3. The Morgan fingerprint density at radius 3 is 2.22 bits per heavy atom. The topological polar surface area (TPSA) is 38.5 Å². The first-order chi connectivity index (χ1) is 8.24. The van der Waals surface area contributed by atoms with E-state index in [1.165, 1.54) is 0 Å². The lowest BCUT2D eigenvalue weighted by atomic mass is 9.80. The Labute approximate surface area is 112 Å². The summed E-state index contributed by atoms with van der Waals surface area (Å²) in [5, 5.41) is 0. The van der Waals surface area contributed by atoms with Gasteiger partial charge >= 0.3 is 0 Å². The number of nitrogens with zero attached hydrogens (tertiary/aromatic N) is 1. The van der Waals surface area contributed by atoms with E-state index in [9.17, 15) is 0 Å². The van der Waals surface area contributed by atoms with Gasteiger partial charge in [-0.2, -0.15) is 0 Å². The van der Waals surface area contributed by atoms with E-state index in [4.69, 9.17) is 16.9 Å². The molecule has 0 bridgehead atoms. The van der Waals surface area contributed by atoms with Crippen LogP contribution in [-0.2, 0) is 4.74 Å². The van der Waals surface area contributed by atoms with Gasteiger partial charge in [-0.05, 0) is 32.4 Å². The lowest BCUT2D eigenvalue weighted by Crippen LogP contribution is -2.61. The third-order valence-electron chi connectivity index (χ3n) is 3.75. The largest absolute Gasteiger partial charge is 0.370 e. The molecule has 104 valence electrons. The van der Waals surface area contributed by atoms with Crippen LogP contribution >= 0.6 is 0 Å². The fraction of sp³-hybridized carbons (Fsp3) is 0.867. The SMILES string of the molecule is C#C[C@]1(N)[C@H](C(C)C)O[C@H](CC(C)C)[C@H]1N(C)C. The molecule has 0 aromatic heterocycles. The highest BCUT2D eigenvalue weighted by atomic mass is 16.5. The van der Waals surface area contributed by atoms with E-state index < -0.39 is 5.54 Å². The van der Waals surface area contributed by atoms with E-state index in [1.54, 1.807) is 0 Å². The molecule has 0 saturated carbocycles. The Balaban J connectivity index is 3.07. The van der Waals surface area contributed by atoms with E-state index >= 15 is 0 Å². The third-order valence-corrected chi connectivity index (χ3v) is 3.75. The predicted octanol–water partition coefficient (Wildman–Crippen LogP) is 1.72. The van der Waals surface area contributed by atoms with Crippen molar-refractivity contribution in [3.63, 3.8) is 0 Å². The molecule has 0 aromatic rings. The highest BCUT2D eigenvalue weighted by Gasteiger charge is 2.55. The summed E-state index contributed by atoms with van der Waals surface area (Å²) in [6.45, 7) is 8.64. The minimum atomic E-state index is -0.697. The van der Waals surface area contributed by atoms with Crippen LogP contribution in [0.5, 0.6) is 0 Å². The van der Waals surface area contributed by atoms with Crippen molar-refractivity contribution in [3.8, 4) is 12.3 Å². The summed E-state index contributed by atoms with van der Waals surface area (Å²) >= 11 is 0. The van der Waals surface area contributed by atoms with Crippen LogP contribution in [0.2, 0.25) is 0 Å². The van der Waals surface area contributed by atoms with Crippen LogP contribution < -0.4 is 5.73 Å². The van der Waals surface area contributed by atoms with Crippen molar-refractivity contribution in [3.05, 3.63) is 0 Å². The maximum absolute atomic E-state index is 6.51. The average molecular weight is 252 g/mol. The lowest BCUT2D eigenvalue weighted by Gasteiger charge is -2.36. The maximum atomic E-state index is 6.51. The van der Waals surface area contributed by atoms with Gasteiger partial charge in [0, 0.05) is 0 Å². The van der Waals surface area contributed by atoms with Crippen molar-refractivity contribution in [2.24, 2.45) is 17.6 Å². The van der Waals surface area contributed by atoms with Gasteiger partial charge in [0.05, 0.1) is 18.2 Å². The Bertz CT molecular complexity index is 319. The quantitative estimate of drug-likeness (QED) is 0.774. The number of ether oxygens (including phenoxy) is 1. The molecule has 1 fully saturated rings. The average Bonchev–Trinajstić information content (AvgIpc) is 2.51. The molecule has 1 heterocycles. The van der Waals surface area contributed by atoms with Crippen LogP contribution in [0.1, 0.15) is 34.1 Å². The van der Waals surface area contributed by atoms with Gasteiger partial charge in [0.15, 0.2) is 0 Å². The van der Waals surface area contributed by atoms with Crippen LogP contribution in [0.15, 0.2) is 0 Å². The normalized spacial score (nSPS) is 36.6. The van der Waals surface area contributed by atoms with E-state index in [1.807, 2.05) is 14.1 Å². The van der Waals surface area contributed by atoms with Crippen LogP contribution in [0.3, 0.4) is 0 Å². The molecule has 1 aliphatic heterocycles. The maximum Gasteiger partial charge on any atom is 0.122 e. The number of terminal acetylenes is 1. The number of rotatable bonds is 4. The van der Waals surface area contributed by atoms with Gasteiger partial charge in [0.2, 0.25) is 0 Å². The molecule has 1 saturated heterocycles. The van der Waals surface area contributed by atoms with Crippen molar-refractivity contribution < 1.29 is 4.74 Å². The van der Waals surface area contributed by atoms with E-state index in [0.29, 0.717) is 11.8 Å². The van der Waals surface area contributed by atoms with Crippen molar-refractivity contribution in [1.29, 1.82) is 0 Å². The van der Waals surface area contributed by atoms with Crippen molar-refractivity contribution in [2.45, 2.75) is 57.9 Å². The molecule has 0 unspecified atom stereocenters. The molecular weight excluding hydrogens is 224 g/mol. The van der Waals surface area contributed by atoms with E-state index in [-0.39, 0.29) is 18.2 Å². The molecule has 0 aromatic carbocycles. The lowest BCUT2D eigenvalue weighted by molar-refractivity contribution is -0.00664. The van der Waals surface area contributed by atoms with Gasteiger partial charge in [-0.25, -0.2) is 0 Å². The molecule has 0 radical (unpaired) electrons. The summed E-state index contributed by atoms with van der Waals surface area (Å²) in [4.78, 5) is 2.12. The molecule has 2 N–H and O–H groups in total. The second-order valence-electron chi connectivity index (χ2n) is 6.45. The van der Waals surface area contributed by atoms with Crippen LogP contribution in [0.25, 0.3) is 0 Å². The van der Waals surface area contributed by atoms with Crippen LogP contribution in [0, 0.1) is 24.2 Å². The van der Waals surface area contributed by atoms with Gasteiger partial charge in [-0.15, -0.1) is 6.42 Å². The Morgan fingerprint density at radius 2 is 1.89 bits per heavy atom. The smallest absolute Gasteiger partial charge is 0.122 e. The van der Waals surface area contributed by atoms with Gasteiger partial charge in [-0.3, -0.25) is 0 Å². The number of likely N-dealkylation sites (N-methyl/N-ethyl adjacent to an activating group) is 1. The molecule has 18 heavy (non-hydrogen) atoms. The highest BCUT2D eigenvalue weighted by Crippen LogP contribution is 2.37. The summed E-state index contributed by atoms with van der Waals surface area (Å²) in [6.07, 6.45) is 6.78. The molecule has 4 atom stereocenters. The highest BCUT2D eigenvalue weighted by molar-refractivity contribution is 5.26.